The van der Waals surface area contributed by atoms with E-state index in [2.05, 4.69) is 5.16 Å². The number of hydrogen-bond donors (Lipinski definition) is 1. The lowest BCUT2D eigenvalue weighted by Gasteiger charge is -1.77. The topological polar surface area (TPSA) is 45.7 Å². The summed E-state index contributed by atoms with van der Waals surface area (Å²) >= 11 is 0. The molecule has 0 amide bonds. The lowest BCUT2D eigenvalue weighted by molar-refractivity contribution is 0.322. The third-order valence-electron chi connectivity index (χ3n) is 0.956. The molecule has 0 saturated carbocycles. The molecule has 0 saturated heterocycles. The summed E-state index contributed by atoms with van der Waals surface area (Å²) in [6.07, 6.45) is 6.12. The molecule has 0 unspecified atom stereocenters. The second kappa shape index (κ2) is 3.50. The largest absolute Gasteiger partial charge is 0.465 e. The Labute approximate surface area is 58.3 Å². The zero-order valence-electron chi connectivity index (χ0n) is 5.27. The van der Waals surface area contributed by atoms with Gasteiger partial charge in [0.1, 0.15) is 5.76 Å². The Morgan fingerprint density at radius 2 is 2.50 bits per heavy atom. The third-order valence-corrected chi connectivity index (χ3v) is 0.956. The summed E-state index contributed by atoms with van der Waals surface area (Å²) in [5.41, 5.74) is 0. The fourth-order valence-electron chi connectivity index (χ4n) is 0.562. The first-order valence-corrected chi connectivity index (χ1v) is 2.81. The van der Waals surface area contributed by atoms with Crippen LogP contribution in [0.1, 0.15) is 5.76 Å². The van der Waals surface area contributed by atoms with Crippen LogP contribution in [0.4, 0.5) is 0 Å². The van der Waals surface area contributed by atoms with Crippen LogP contribution < -0.4 is 0 Å². The molecule has 1 N–H and O–H groups in total. The van der Waals surface area contributed by atoms with Crippen molar-refractivity contribution in [1.29, 1.82) is 0 Å². The van der Waals surface area contributed by atoms with Crippen LogP contribution in [0.15, 0.2) is 34.0 Å². The van der Waals surface area contributed by atoms with Gasteiger partial charge in [-0.25, -0.2) is 0 Å². The van der Waals surface area contributed by atoms with Crippen molar-refractivity contribution in [2.45, 2.75) is 0 Å². The van der Waals surface area contributed by atoms with E-state index >= 15 is 0 Å². The quantitative estimate of drug-likeness (QED) is 0.383. The maximum Gasteiger partial charge on any atom is 0.126 e. The van der Waals surface area contributed by atoms with Crippen LogP contribution in [0.25, 0.3) is 6.08 Å². The summed E-state index contributed by atoms with van der Waals surface area (Å²) in [4.78, 5) is 0. The van der Waals surface area contributed by atoms with Crippen LogP contribution in [-0.2, 0) is 0 Å². The average Bonchev–Trinajstić information content (AvgIpc) is 2.41. The first-order valence-electron chi connectivity index (χ1n) is 2.81. The zero-order valence-corrected chi connectivity index (χ0v) is 5.27. The fraction of sp³-hybridized carbons (Fsp3) is 0. The van der Waals surface area contributed by atoms with E-state index in [1.54, 1.807) is 24.5 Å². The Morgan fingerprint density at radius 3 is 3.10 bits per heavy atom. The van der Waals surface area contributed by atoms with Crippen LogP contribution in [0, 0.1) is 0 Å². The highest BCUT2D eigenvalue weighted by molar-refractivity contribution is 5.76. The standard InChI is InChI=1S/C7H7NO2/c9-8-5-1-3-7-4-2-6-10-7/h1-6,9H/b3-1+,8-5-. The van der Waals surface area contributed by atoms with Gasteiger partial charge in [-0.05, 0) is 24.3 Å². The number of allylic oxidation sites excluding steroid dienone is 1. The summed E-state index contributed by atoms with van der Waals surface area (Å²) < 4.78 is 4.95. The van der Waals surface area contributed by atoms with Crippen molar-refractivity contribution in [2.24, 2.45) is 5.16 Å². The van der Waals surface area contributed by atoms with Crippen LogP contribution >= 0.6 is 0 Å². The Balaban J connectivity index is 2.55. The maximum atomic E-state index is 7.98. The summed E-state index contributed by atoms with van der Waals surface area (Å²) in [7, 11) is 0. The molecule has 3 heteroatoms. The molecule has 0 aliphatic carbocycles. The van der Waals surface area contributed by atoms with Crippen molar-refractivity contribution in [2.75, 3.05) is 0 Å². The molecule has 0 spiro atoms. The lowest BCUT2D eigenvalue weighted by Crippen LogP contribution is -1.63. The van der Waals surface area contributed by atoms with Crippen molar-refractivity contribution in [3.05, 3.63) is 30.2 Å². The Hall–Kier alpha value is -1.51. The van der Waals surface area contributed by atoms with Gasteiger partial charge in [-0.3, -0.25) is 0 Å². The molecule has 0 radical (unpaired) electrons. The summed E-state index contributed by atoms with van der Waals surface area (Å²) in [6, 6.07) is 3.59. The van der Waals surface area contributed by atoms with Gasteiger partial charge in [0, 0.05) is 0 Å². The minimum Gasteiger partial charge on any atom is -0.465 e. The third kappa shape index (κ3) is 1.78. The molecule has 0 aliphatic heterocycles. The molecule has 1 heterocycles. The molecule has 0 aromatic carbocycles. The SMILES string of the molecule is O/N=C\C=C\c1ccco1. The van der Waals surface area contributed by atoms with Gasteiger partial charge in [0.05, 0.1) is 12.5 Å². The van der Waals surface area contributed by atoms with Gasteiger partial charge in [0.2, 0.25) is 0 Å². The van der Waals surface area contributed by atoms with Crippen molar-refractivity contribution in [3.63, 3.8) is 0 Å². The fourth-order valence-corrected chi connectivity index (χ4v) is 0.562. The highest BCUT2D eigenvalue weighted by atomic mass is 16.4. The number of oxime groups is 1. The van der Waals surface area contributed by atoms with Crippen LogP contribution in [0.5, 0.6) is 0 Å². The van der Waals surface area contributed by atoms with Gasteiger partial charge in [-0.1, -0.05) is 5.16 Å². The van der Waals surface area contributed by atoms with Gasteiger partial charge >= 0.3 is 0 Å². The molecule has 0 fully saturated rings. The van der Waals surface area contributed by atoms with Crippen molar-refractivity contribution in [1.82, 2.24) is 0 Å². The number of rotatable bonds is 2. The predicted molar refractivity (Wildman–Crippen MR) is 38.0 cm³/mol. The van der Waals surface area contributed by atoms with Gasteiger partial charge in [0.15, 0.2) is 0 Å². The van der Waals surface area contributed by atoms with Gasteiger partial charge < -0.3 is 9.62 Å². The minimum atomic E-state index is 0.736. The summed E-state index contributed by atoms with van der Waals surface area (Å²) in [5, 5.41) is 10.8. The average molecular weight is 137 g/mol. The van der Waals surface area contributed by atoms with Crippen LogP contribution in [0.3, 0.4) is 0 Å². The monoisotopic (exact) mass is 137 g/mol. The van der Waals surface area contributed by atoms with E-state index in [9.17, 15) is 0 Å². The molecule has 0 atom stereocenters. The summed E-state index contributed by atoms with van der Waals surface area (Å²) in [6.45, 7) is 0. The maximum absolute atomic E-state index is 7.98. The second-order valence-electron chi connectivity index (χ2n) is 1.64. The molecule has 1 aromatic rings. The molecule has 52 valence electrons. The normalized spacial score (nSPS) is 11.6. The molecule has 0 aliphatic rings. The Morgan fingerprint density at radius 1 is 1.60 bits per heavy atom. The van der Waals surface area contributed by atoms with E-state index in [0.717, 1.165) is 5.76 Å². The lowest BCUT2D eigenvalue weighted by atomic mass is 10.4. The van der Waals surface area contributed by atoms with E-state index < -0.39 is 0 Å². The molecular weight excluding hydrogens is 130 g/mol. The molecule has 1 rings (SSSR count). The van der Waals surface area contributed by atoms with E-state index in [-0.39, 0.29) is 0 Å². The van der Waals surface area contributed by atoms with Gasteiger partial charge in [-0.2, -0.15) is 0 Å². The van der Waals surface area contributed by atoms with Crippen molar-refractivity contribution < 1.29 is 9.62 Å². The van der Waals surface area contributed by atoms with E-state index in [0.29, 0.717) is 0 Å². The van der Waals surface area contributed by atoms with E-state index in [1.165, 1.54) is 6.21 Å². The van der Waals surface area contributed by atoms with E-state index in [1.807, 2.05) is 6.07 Å². The van der Waals surface area contributed by atoms with Crippen LogP contribution in [0.2, 0.25) is 0 Å². The minimum absolute atomic E-state index is 0.736. The summed E-state index contributed by atoms with van der Waals surface area (Å²) in [5.74, 6) is 0.736. The molecule has 10 heavy (non-hydrogen) atoms. The van der Waals surface area contributed by atoms with Gasteiger partial charge in [0.25, 0.3) is 0 Å². The number of nitrogens with zero attached hydrogens (tertiary/aromatic N) is 1. The first kappa shape index (κ1) is 6.61. The zero-order chi connectivity index (χ0) is 7.23. The van der Waals surface area contributed by atoms with Crippen molar-refractivity contribution >= 4 is 12.3 Å². The number of hydrogen-bond acceptors (Lipinski definition) is 3. The first-order chi connectivity index (χ1) is 4.93. The molecule has 3 nitrogen and oxygen atoms in total. The Bertz CT molecular complexity index is 224. The highest BCUT2D eigenvalue weighted by Crippen LogP contribution is 2.00. The van der Waals surface area contributed by atoms with E-state index in [4.69, 9.17) is 9.62 Å². The predicted octanol–water partition coefficient (Wildman–Crippen LogP) is 1.75. The van der Waals surface area contributed by atoms with Crippen LogP contribution in [-0.4, -0.2) is 11.4 Å². The molecule has 1 aromatic heterocycles. The molecular formula is C7H7NO2. The van der Waals surface area contributed by atoms with Gasteiger partial charge in [-0.15, -0.1) is 0 Å². The second-order valence-corrected chi connectivity index (χ2v) is 1.64. The number of furan rings is 1. The van der Waals surface area contributed by atoms with Crippen molar-refractivity contribution in [3.8, 4) is 0 Å². The molecule has 0 bridgehead atoms. The smallest absolute Gasteiger partial charge is 0.126 e. The highest BCUT2D eigenvalue weighted by Gasteiger charge is 1.83. The Kier molecular flexibility index (Phi) is 2.31.